The van der Waals surface area contributed by atoms with Crippen LogP contribution in [0.15, 0.2) is 53.1 Å². The number of aromatic nitrogens is 1. The maximum absolute atomic E-state index is 16.2. The molecule has 1 amide bonds. The van der Waals surface area contributed by atoms with Crippen LogP contribution in [0, 0.1) is 17.1 Å². The number of hydrogen-bond acceptors (Lipinski definition) is 6. The van der Waals surface area contributed by atoms with Gasteiger partial charge >= 0.3 is 0 Å². The molecule has 176 valence electrons. The molecule has 0 aliphatic carbocycles. The monoisotopic (exact) mass is 565 g/mol. The van der Waals surface area contributed by atoms with Gasteiger partial charge in [-0.2, -0.15) is 5.26 Å². The Morgan fingerprint density at radius 1 is 1.32 bits per heavy atom. The molecule has 1 fully saturated rings. The van der Waals surface area contributed by atoms with Gasteiger partial charge in [0.1, 0.15) is 16.9 Å². The molecule has 1 aliphatic rings. The number of nitriles is 1. The smallest absolute Gasteiger partial charge is 0.278 e. The Morgan fingerprint density at radius 2 is 2.06 bits per heavy atom. The number of benzene rings is 2. The van der Waals surface area contributed by atoms with Crippen molar-refractivity contribution in [1.29, 1.82) is 5.26 Å². The van der Waals surface area contributed by atoms with Gasteiger partial charge in [-0.05, 0) is 45.8 Å². The molecule has 11 heteroatoms. The summed E-state index contributed by atoms with van der Waals surface area (Å²) in [5, 5.41) is 6.02. The molecule has 1 aromatic heterocycles. The molecular weight excluding hydrogens is 548 g/mol. The second-order valence-corrected chi connectivity index (χ2v) is 12.1. The highest BCUT2D eigenvalue weighted by atomic mass is 79.9. The first-order valence-electron chi connectivity index (χ1n) is 10.2. The molecule has 0 N–H and O–H groups in total. The molecule has 0 radical (unpaired) electrons. The number of carbonyl (C=O) groups excluding carboxylic acids is 1. The minimum absolute atomic E-state index is 0.148. The molecule has 0 unspecified atom stereocenters. The van der Waals surface area contributed by atoms with Crippen molar-refractivity contribution in [2.75, 3.05) is 18.8 Å². The summed E-state index contributed by atoms with van der Waals surface area (Å²) in [4.78, 5) is 18.7. The first-order chi connectivity index (χ1) is 16.1. The molecule has 2 atom stereocenters. The number of hydrogen-bond donors (Lipinski definition) is 0. The molecule has 3 aromatic rings. The van der Waals surface area contributed by atoms with Crippen LogP contribution in [0.25, 0.3) is 0 Å². The average Bonchev–Trinajstić information content (AvgIpc) is 3.32. The Labute approximate surface area is 207 Å². The Hall–Kier alpha value is -2.68. The maximum atomic E-state index is 16.2. The summed E-state index contributed by atoms with van der Waals surface area (Å²) in [7, 11) is -4.28. The van der Waals surface area contributed by atoms with Crippen molar-refractivity contribution in [2.45, 2.75) is 17.8 Å². The summed E-state index contributed by atoms with van der Waals surface area (Å²) >= 11 is 4.07. The summed E-state index contributed by atoms with van der Waals surface area (Å²) in [5.41, 5.74) is 0.764. The number of halogens is 3. The lowest BCUT2D eigenvalue weighted by molar-refractivity contribution is 0.0666. The van der Waals surface area contributed by atoms with Gasteiger partial charge in [-0.15, -0.1) is 11.3 Å². The summed E-state index contributed by atoms with van der Waals surface area (Å²) in [6, 6.07) is 12.5. The molecule has 0 saturated carbocycles. The van der Waals surface area contributed by atoms with Crippen LogP contribution in [0.5, 0.6) is 0 Å². The number of amides is 1. The molecule has 1 aliphatic heterocycles. The first kappa shape index (κ1) is 24.4. The lowest BCUT2D eigenvalue weighted by Gasteiger charge is -2.35. The quantitative estimate of drug-likeness (QED) is 0.454. The summed E-state index contributed by atoms with van der Waals surface area (Å²) < 4.78 is 56.5. The van der Waals surface area contributed by atoms with E-state index in [1.54, 1.807) is 25.1 Å². The SMILES string of the molecule is C[C@@H](c1cnc([C@@]2(F)CN(C(=O)c3ccc(Br)c(C#N)c3)CCS2(=O)=O)s1)c1ccccc1F. The van der Waals surface area contributed by atoms with Gasteiger partial charge in [-0.1, -0.05) is 25.1 Å². The molecular formula is C23H18BrF2N3O3S2. The summed E-state index contributed by atoms with van der Waals surface area (Å²) in [6.45, 7) is 0.813. The highest BCUT2D eigenvalue weighted by molar-refractivity contribution is 9.10. The van der Waals surface area contributed by atoms with E-state index in [9.17, 15) is 22.9 Å². The van der Waals surface area contributed by atoms with Crippen LogP contribution in [0.3, 0.4) is 0 Å². The molecule has 34 heavy (non-hydrogen) atoms. The van der Waals surface area contributed by atoms with Crippen LogP contribution >= 0.6 is 27.3 Å². The van der Waals surface area contributed by atoms with Gasteiger partial charge in [0, 0.05) is 33.6 Å². The van der Waals surface area contributed by atoms with Crippen molar-refractivity contribution in [3.05, 3.63) is 85.5 Å². The molecule has 2 aromatic carbocycles. The van der Waals surface area contributed by atoms with Crippen molar-refractivity contribution in [1.82, 2.24) is 9.88 Å². The van der Waals surface area contributed by atoms with Crippen molar-refractivity contribution in [3.63, 3.8) is 0 Å². The van der Waals surface area contributed by atoms with Crippen LogP contribution in [-0.4, -0.2) is 43.1 Å². The molecule has 0 bridgehead atoms. The molecule has 4 rings (SSSR count). The largest absolute Gasteiger partial charge is 0.333 e. The van der Waals surface area contributed by atoms with E-state index < -0.39 is 44.8 Å². The van der Waals surface area contributed by atoms with E-state index in [1.165, 1.54) is 30.5 Å². The first-order valence-corrected chi connectivity index (χ1v) is 13.4. The Kier molecular flexibility index (Phi) is 6.59. The third-order valence-corrected chi connectivity index (χ3v) is 9.95. The second-order valence-electron chi connectivity index (χ2n) is 7.89. The second kappa shape index (κ2) is 9.17. The van der Waals surface area contributed by atoms with Gasteiger partial charge in [0.25, 0.3) is 10.9 Å². The topological polar surface area (TPSA) is 91.1 Å². The predicted molar refractivity (Wildman–Crippen MR) is 127 cm³/mol. The number of thiazole rings is 1. The fourth-order valence-electron chi connectivity index (χ4n) is 3.75. The van der Waals surface area contributed by atoms with E-state index >= 15 is 4.39 Å². The summed E-state index contributed by atoms with van der Waals surface area (Å²) in [5.74, 6) is -2.05. The van der Waals surface area contributed by atoms with Gasteiger partial charge in [0.05, 0.1) is 17.9 Å². The molecule has 2 heterocycles. The molecule has 0 spiro atoms. The Bertz CT molecular complexity index is 1420. The molecule has 6 nitrogen and oxygen atoms in total. The van der Waals surface area contributed by atoms with Crippen molar-refractivity contribution in [3.8, 4) is 6.07 Å². The summed E-state index contributed by atoms with van der Waals surface area (Å²) in [6.07, 6.45) is 1.35. The van der Waals surface area contributed by atoms with Gasteiger partial charge in [-0.25, -0.2) is 22.2 Å². The predicted octanol–water partition coefficient (Wildman–Crippen LogP) is 4.76. The minimum atomic E-state index is -4.28. The van der Waals surface area contributed by atoms with E-state index in [0.717, 1.165) is 16.2 Å². The number of alkyl halides is 1. The maximum Gasteiger partial charge on any atom is 0.278 e. The fourth-order valence-corrected chi connectivity index (χ4v) is 7.01. The van der Waals surface area contributed by atoms with Crippen LogP contribution in [0.4, 0.5) is 8.78 Å². The van der Waals surface area contributed by atoms with E-state index in [-0.39, 0.29) is 22.7 Å². The minimum Gasteiger partial charge on any atom is -0.333 e. The van der Waals surface area contributed by atoms with E-state index in [2.05, 4.69) is 20.9 Å². The Balaban J connectivity index is 1.65. The lowest BCUT2D eigenvalue weighted by atomic mass is 10.00. The highest BCUT2D eigenvalue weighted by Gasteiger charge is 2.53. The van der Waals surface area contributed by atoms with Crippen LogP contribution in [0.2, 0.25) is 0 Å². The fraction of sp³-hybridized carbons (Fsp3) is 0.261. The van der Waals surface area contributed by atoms with E-state index in [0.29, 0.717) is 14.9 Å². The zero-order chi connectivity index (χ0) is 24.7. The third-order valence-electron chi connectivity index (χ3n) is 5.78. The van der Waals surface area contributed by atoms with E-state index in [1.807, 2.05) is 6.07 Å². The van der Waals surface area contributed by atoms with Gasteiger partial charge in [0.2, 0.25) is 0 Å². The Morgan fingerprint density at radius 3 is 2.76 bits per heavy atom. The van der Waals surface area contributed by atoms with Gasteiger partial charge in [-0.3, -0.25) is 4.79 Å². The number of carbonyl (C=O) groups is 1. The van der Waals surface area contributed by atoms with E-state index in [4.69, 9.17) is 0 Å². The van der Waals surface area contributed by atoms with Crippen LogP contribution < -0.4 is 0 Å². The normalized spacial score (nSPS) is 20.5. The van der Waals surface area contributed by atoms with Crippen LogP contribution in [0.1, 0.15) is 44.2 Å². The zero-order valence-corrected chi connectivity index (χ0v) is 21.1. The van der Waals surface area contributed by atoms with Gasteiger partial charge < -0.3 is 4.90 Å². The molecule has 1 saturated heterocycles. The standard InChI is InChI=1S/C23H18BrF2N3O3S2/c1-14(17-4-2-3-5-19(17)25)20-12-28-22(33-20)23(26)13-29(8-9-34(23,31)32)21(30)15-6-7-18(24)16(10-15)11-27/h2-7,10,12,14H,8-9,13H2,1H3/t14-,23-/m1/s1. The third kappa shape index (κ3) is 4.26. The number of rotatable bonds is 4. The van der Waals surface area contributed by atoms with Gasteiger partial charge in [0.15, 0.2) is 9.84 Å². The highest BCUT2D eigenvalue weighted by Crippen LogP contribution is 2.41. The zero-order valence-electron chi connectivity index (χ0n) is 17.8. The van der Waals surface area contributed by atoms with Crippen molar-refractivity contribution in [2.24, 2.45) is 0 Å². The lowest BCUT2D eigenvalue weighted by Crippen LogP contribution is -2.53. The van der Waals surface area contributed by atoms with Crippen molar-refractivity contribution >= 4 is 43.0 Å². The van der Waals surface area contributed by atoms with Crippen molar-refractivity contribution < 1.29 is 22.0 Å². The van der Waals surface area contributed by atoms with Crippen LogP contribution in [-0.2, 0) is 14.8 Å². The number of nitrogens with zero attached hydrogens (tertiary/aromatic N) is 3. The number of sulfone groups is 1. The average molecular weight is 566 g/mol.